The van der Waals surface area contributed by atoms with E-state index in [0.29, 0.717) is 11.4 Å². The normalized spacial score (nSPS) is 11.8. The van der Waals surface area contributed by atoms with Gasteiger partial charge in [-0.05, 0) is 57.3 Å². The number of aromatic nitrogens is 3. The number of fused-ring (bicyclic) bond motifs is 1. The second-order valence-electron chi connectivity index (χ2n) is 14.4. The molecule has 4 nitrogen and oxygen atoms in total. The van der Waals surface area contributed by atoms with Crippen LogP contribution in [-0.2, 0) is 31.9 Å². The summed E-state index contributed by atoms with van der Waals surface area (Å²) in [6.07, 6.45) is 1.86. The summed E-state index contributed by atoms with van der Waals surface area (Å²) < 4.78 is 2.27. The molecular weight excluding hydrogens is 782 g/mol. The van der Waals surface area contributed by atoms with E-state index in [2.05, 4.69) is 137 Å². The van der Waals surface area contributed by atoms with Crippen LogP contribution in [0.5, 0.6) is 5.75 Å². The van der Waals surface area contributed by atoms with E-state index in [1.807, 2.05) is 36.5 Å². The zero-order valence-electron chi connectivity index (χ0n) is 28.7. The number of pyridine rings is 1. The van der Waals surface area contributed by atoms with E-state index in [-0.39, 0.29) is 37.6 Å². The fourth-order valence-electron chi connectivity index (χ4n) is 6.54. The third kappa shape index (κ3) is 6.50. The molecule has 0 bridgehead atoms. The van der Waals surface area contributed by atoms with Crippen molar-refractivity contribution in [1.82, 2.24) is 14.5 Å². The third-order valence-electron chi connectivity index (χ3n) is 8.93. The van der Waals surface area contributed by atoms with E-state index in [9.17, 15) is 5.11 Å². The Labute approximate surface area is 303 Å². The molecule has 7 aromatic rings. The van der Waals surface area contributed by atoms with Crippen LogP contribution >= 0.6 is 0 Å². The Morgan fingerprint density at radius 2 is 1.22 bits per heavy atom. The average Bonchev–Trinajstić information content (AvgIpc) is 3.47. The predicted octanol–water partition coefficient (Wildman–Crippen LogP) is 11.2. The summed E-state index contributed by atoms with van der Waals surface area (Å²) in [5.74, 6) is 0.894. The Balaban J connectivity index is 0.00000417. The molecule has 0 unspecified atom stereocenters. The first kappa shape index (κ1) is 34.1. The maximum absolute atomic E-state index is 11.2. The number of hydrogen-bond donors (Lipinski definition) is 1. The first-order valence-corrected chi connectivity index (χ1v) is 16.5. The monoisotopic (exact) mass is 821 g/mol. The molecule has 1 N–H and O–H groups in total. The Bertz CT molecular complexity index is 2240. The molecule has 0 spiro atoms. The summed E-state index contributed by atoms with van der Waals surface area (Å²) in [6, 6.07) is 44.8. The molecule has 5 heteroatoms. The number of aromatic hydroxyl groups is 1. The number of imidazole rings is 1. The summed E-state index contributed by atoms with van der Waals surface area (Å²) in [7, 11) is 0. The summed E-state index contributed by atoms with van der Waals surface area (Å²) in [5, 5.41) is 11.2. The second-order valence-corrected chi connectivity index (χ2v) is 14.4. The third-order valence-corrected chi connectivity index (χ3v) is 8.93. The largest absolute Gasteiger partial charge is 0.507 e. The van der Waals surface area contributed by atoms with Crippen molar-refractivity contribution in [3.05, 3.63) is 145 Å². The number of phenolic OH excluding ortho intramolecular Hbond substituents is 1. The fraction of sp³-hybridized carbons (Fsp3) is 0.182. The molecule has 0 aliphatic rings. The first-order valence-electron chi connectivity index (χ1n) is 16.5. The number of benzene rings is 5. The van der Waals surface area contributed by atoms with Crippen LogP contribution in [0, 0.1) is 6.07 Å². The molecule has 0 fully saturated rings. The van der Waals surface area contributed by atoms with Crippen molar-refractivity contribution in [2.75, 3.05) is 0 Å². The molecule has 5 aromatic carbocycles. The summed E-state index contributed by atoms with van der Waals surface area (Å²) in [6.45, 7) is 13.5. The number of para-hydroxylation sites is 3. The standard InChI is InChI=1S/C44H40N3O.Pt/c1-43(2,3)35-21-14-22-36(44(4,5)6)41(35)47-38-23-13-20-33(40(38)46-42(47)34-19-10-11-24-39(34)48)31-17-12-18-32(27-31)37-28-30(25-26-45-37)29-15-8-7-9-16-29;/h7-26,28,48H,1-6H3;/q-1;. The molecule has 0 saturated carbocycles. The zero-order valence-corrected chi connectivity index (χ0v) is 31.0. The summed E-state index contributed by atoms with van der Waals surface area (Å²) in [4.78, 5) is 10.1. The van der Waals surface area contributed by atoms with Crippen LogP contribution in [0.4, 0.5) is 0 Å². The molecule has 49 heavy (non-hydrogen) atoms. The van der Waals surface area contributed by atoms with Crippen molar-refractivity contribution in [3.8, 4) is 56.3 Å². The van der Waals surface area contributed by atoms with Crippen LogP contribution in [0.15, 0.2) is 128 Å². The van der Waals surface area contributed by atoms with E-state index in [1.165, 1.54) is 11.1 Å². The summed E-state index contributed by atoms with van der Waals surface area (Å²) >= 11 is 0. The minimum atomic E-state index is -0.149. The molecule has 0 atom stereocenters. The van der Waals surface area contributed by atoms with Crippen LogP contribution in [0.1, 0.15) is 52.7 Å². The molecule has 0 aliphatic carbocycles. The SMILES string of the molecule is CC(C)(C)c1cccc(C(C)(C)C)c1-n1c(-c2ccccc2O)nc2c(-c3[c-]c(-c4cc(-c5ccccc5)ccn4)ccc3)cccc21.[Pt]. The van der Waals surface area contributed by atoms with Gasteiger partial charge in [0.15, 0.2) is 0 Å². The van der Waals surface area contributed by atoms with Gasteiger partial charge in [0.25, 0.3) is 0 Å². The molecule has 7 rings (SSSR count). The Hall–Kier alpha value is -4.79. The first-order chi connectivity index (χ1) is 23.0. The number of rotatable bonds is 5. The Kier molecular flexibility index (Phi) is 9.22. The predicted molar refractivity (Wildman–Crippen MR) is 199 cm³/mol. The molecule has 0 aliphatic heterocycles. The fourth-order valence-corrected chi connectivity index (χ4v) is 6.54. The quantitative estimate of drug-likeness (QED) is 0.176. The van der Waals surface area contributed by atoms with Gasteiger partial charge in [0.2, 0.25) is 0 Å². The van der Waals surface area contributed by atoms with Crippen LogP contribution in [0.25, 0.3) is 61.6 Å². The van der Waals surface area contributed by atoms with Crippen molar-refractivity contribution in [1.29, 1.82) is 0 Å². The smallest absolute Gasteiger partial charge is 0.148 e. The van der Waals surface area contributed by atoms with Crippen molar-refractivity contribution in [2.24, 2.45) is 0 Å². The molecule has 2 aromatic heterocycles. The van der Waals surface area contributed by atoms with E-state index in [4.69, 9.17) is 9.97 Å². The van der Waals surface area contributed by atoms with Crippen molar-refractivity contribution >= 4 is 11.0 Å². The van der Waals surface area contributed by atoms with Gasteiger partial charge >= 0.3 is 0 Å². The van der Waals surface area contributed by atoms with Crippen LogP contribution < -0.4 is 0 Å². The minimum Gasteiger partial charge on any atom is -0.507 e. The van der Waals surface area contributed by atoms with Crippen LogP contribution in [0.3, 0.4) is 0 Å². The van der Waals surface area contributed by atoms with Gasteiger partial charge in [-0.3, -0.25) is 9.55 Å². The van der Waals surface area contributed by atoms with E-state index >= 15 is 0 Å². The van der Waals surface area contributed by atoms with Crippen molar-refractivity contribution in [3.63, 3.8) is 0 Å². The molecule has 0 saturated heterocycles. The van der Waals surface area contributed by atoms with E-state index in [0.717, 1.165) is 50.2 Å². The Morgan fingerprint density at radius 3 is 1.92 bits per heavy atom. The van der Waals surface area contributed by atoms with Gasteiger partial charge in [-0.25, -0.2) is 4.98 Å². The van der Waals surface area contributed by atoms with Crippen molar-refractivity contribution in [2.45, 2.75) is 52.4 Å². The van der Waals surface area contributed by atoms with Gasteiger partial charge in [-0.15, -0.1) is 29.8 Å². The van der Waals surface area contributed by atoms with Gasteiger partial charge in [0, 0.05) is 33.0 Å². The van der Waals surface area contributed by atoms with Crippen molar-refractivity contribution < 1.29 is 26.2 Å². The van der Waals surface area contributed by atoms with Gasteiger partial charge in [-0.1, -0.05) is 132 Å². The molecule has 248 valence electrons. The summed E-state index contributed by atoms with van der Waals surface area (Å²) in [5.41, 5.74) is 11.7. The topological polar surface area (TPSA) is 50.9 Å². The number of phenols is 1. The second kappa shape index (κ2) is 13.3. The number of hydrogen-bond acceptors (Lipinski definition) is 3. The van der Waals surface area contributed by atoms with E-state index in [1.54, 1.807) is 6.07 Å². The molecular formula is C44H40N3OPt-. The van der Waals surface area contributed by atoms with E-state index < -0.39 is 0 Å². The van der Waals surface area contributed by atoms with Gasteiger partial charge in [-0.2, -0.15) is 0 Å². The molecule has 0 amide bonds. The van der Waals surface area contributed by atoms with Crippen LogP contribution in [-0.4, -0.2) is 19.6 Å². The molecule has 2 heterocycles. The Morgan fingerprint density at radius 1 is 0.612 bits per heavy atom. The average molecular weight is 822 g/mol. The van der Waals surface area contributed by atoms with Gasteiger partial charge in [0.1, 0.15) is 11.6 Å². The van der Waals surface area contributed by atoms with Crippen LogP contribution in [0.2, 0.25) is 0 Å². The maximum Gasteiger partial charge on any atom is 0.148 e. The molecule has 0 radical (unpaired) electrons. The zero-order chi connectivity index (χ0) is 33.6. The minimum absolute atomic E-state index is 0. The van der Waals surface area contributed by atoms with Gasteiger partial charge in [0.05, 0.1) is 22.3 Å². The maximum atomic E-state index is 11.2. The van der Waals surface area contributed by atoms with Gasteiger partial charge < -0.3 is 5.11 Å². The number of nitrogens with zero attached hydrogens (tertiary/aromatic N) is 3.